The van der Waals surface area contributed by atoms with E-state index >= 15 is 0 Å². The summed E-state index contributed by atoms with van der Waals surface area (Å²) >= 11 is 0. The highest BCUT2D eigenvalue weighted by molar-refractivity contribution is 5.46. The third kappa shape index (κ3) is 1.37. The molecule has 3 fully saturated rings. The first-order valence-electron chi connectivity index (χ1n) is 10.9. The van der Waals surface area contributed by atoms with Crippen LogP contribution in [-0.4, -0.2) is 13.9 Å². The molecule has 28 heavy (non-hydrogen) atoms. The zero-order chi connectivity index (χ0) is 19.2. The second-order valence-electron chi connectivity index (χ2n) is 10.8. The second-order valence-corrected chi connectivity index (χ2v) is 10.8. The van der Waals surface area contributed by atoms with Crippen LogP contribution in [0.25, 0.3) is 0 Å². The first kappa shape index (κ1) is 15.8. The van der Waals surface area contributed by atoms with Crippen LogP contribution in [0.1, 0.15) is 87.5 Å². The molecule has 1 aromatic heterocycles. The molecular formula is C23H27N3O2. The van der Waals surface area contributed by atoms with Gasteiger partial charge in [-0.2, -0.15) is 0 Å². The van der Waals surface area contributed by atoms with E-state index in [1.165, 1.54) is 17.5 Å². The van der Waals surface area contributed by atoms with Crippen molar-refractivity contribution >= 4 is 0 Å². The molecule has 6 bridgehead atoms. The van der Waals surface area contributed by atoms with E-state index in [1.807, 2.05) is 9.36 Å². The van der Waals surface area contributed by atoms with E-state index in [0.717, 1.165) is 19.3 Å². The van der Waals surface area contributed by atoms with E-state index in [1.54, 1.807) is 4.57 Å². The fourth-order valence-electron chi connectivity index (χ4n) is 8.33. The maximum Gasteiger partial charge on any atom is 0.347 e. The SMILES string of the molecule is CC1(C)[C@H]2CC[C@]1(C)[C@H](n1c(=O)n3n(c1=O)[C@@H]1C[C@@H]4c5ccccc5[C@@H]1[C@@H]43)C2. The lowest BCUT2D eigenvalue weighted by molar-refractivity contribution is 0.103. The topological polar surface area (TPSA) is 48.9 Å². The maximum atomic E-state index is 13.7. The summed E-state index contributed by atoms with van der Waals surface area (Å²) in [5.74, 6) is 1.32. The summed E-state index contributed by atoms with van der Waals surface area (Å²) in [5.41, 5.74) is 2.90. The highest BCUT2D eigenvalue weighted by Gasteiger charge is 2.64. The Morgan fingerprint density at radius 3 is 2.36 bits per heavy atom. The number of benzene rings is 1. The van der Waals surface area contributed by atoms with Gasteiger partial charge in [0.15, 0.2) is 0 Å². The zero-order valence-corrected chi connectivity index (χ0v) is 16.8. The minimum Gasteiger partial charge on any atom is -0.246 e. The van der Waals surface area contributed by atoms with Gasteiger partial charge in [-0.05, 0) is 53.6 Å². The quantitative estimate of drug-likeness (QED) is 0.763. The molecule has 0 spiro atoms. The Bertz CT molecular complexity index is 1170. The molecule has 7 atom stereocenters. The largest absolute Gasteiger partial charge is 0.347 e. The lowest BCUT2D eigenvalue weighted by atomic mass is 9.69. The number of fused-ring (bicyclic) bond motifs is 6. The van der Waals surface area contributed by atoms with Crippen molar-refractivity contribution in [3.8, 4) is 0 Å². The fraction of sp³-hybridized carbons (Fsp3) is 0.652. The zero-order valence-electron chi connectivity index (χ0n) is 16.8. The van der Waals surface area contributed by atoms with Crippen LogP contribution in [0.5, 0.6) is 0 Å². The van der Waals surface area contributed by atoms with Crippen molar-refractivity contribution in [2.75, 3.05) is 0 Å². The van der Waals surface area contributed by atoms with Crippen LogP contribution in [0.4, 0.5) is 0 Å². The minimum absolute atomic E-state index is 0.0326. The summed E-state index contributed by atoms with van der Waals surface area (Å²) in [6.45, 7) is 7.01. The number of nitrogens with zero attached hydrogens (tertiary/aromatic N) is 3. The van der Waals surface area contributed by atoms with Gasteiger partial charge in [-0.3, -0.25) is 0 Å². The van der Waals surface area contributed by atoms with Gasteiger partial charge in [-0.1, -0.05) is 45.0 Å². The van der Waals surface area contributed by atoms with E-state index in [2.05, 4.69) is 45.0 Å². The number of aromatic nitrogens is 3. The average molecular weight is 377 g/mol. The van der Waals surface area contributed by atoms with Crippen molar-refractivity contribution in [3.63, 3.8) is 0 Å². The van der Waals surface area contributed by atoms with Gasteiger partial charge in [-0.25, -0.2) is 23.5 Å². The molecule has 0 unspecified atom stereocenters. The third-order valence-corrected chi connectivity index (χ3v) is 10.1. The van der Waals surface area contributed by atoms with Gasteiger partial charge >= 0.3 is 11.4 Å². The standard InChI is InChI=1S/C23H27N3O2/c1-22(2)12-8-9-23(22,3)17(10-12)24-20(27)25-16-11-15-13-6-4-5-7-14(13)18(16)19(15)26(25)21(24)28/h4-7,12,15-19H,8-11H2,1-3H3/t12-,15+,16+,17+,18-,19+,23+/m0/s1. The van der Waals surface area contributed by atoms with Crippen LogP contribution in [0.15, 0.2) is 33.9 Å². The van der Waals surface area contributed by atoms with Crippen molar-refractivity contribution < 1.29 is 0 Å². The second kappa shape index (κ2) is 4.42. The van der Waals surface area contributed by atoms with Crippen LogP contribution in [0, 0.1) is 16.7 Å². The Hall–Kier alpha value is -2.04. The summed E-state index contributed by atoms with van der Waals surface area (Å²) in [6, 6.07) is 8.97. The molecular weight excluding hydrogens is 350 g/mol. The Kier molecular flexibility index (Phi) is 2.50. The first-order valence-corrected chi connectivity index (χ1v) is 10.9. The first-order chi connectivity index (χ1) is 13.4. The molecule has 7 rings (SSSR count). The van der Waals surface area contributed by atoms with Crippen molar-refractivity contribution in [2.45, 2.75) is 76.4 Å². The lowest BCUT2D eigenvalue weighted by Gasteiger charge is -2.39. The predicted molar refractivity (Wildman–Crippen MR) is 106 cm³/mol. The average Bonchev–Trinajstić information content (AvgIpc) is 3.44. The van der Waals surface area contributed by atoms with Gasteiger partial charge < -0.3 is 0 Å². The van der Waals surface area contributed by atoms with Crippen LogP contribution in [0.2, 0.25) is 0 Å². The van der Waals surface area contributed by atoms with Gasteiger partial charge in [0.05, 0.1) is 12.1 Å². The van der Waals surface area contributed by atoms with E-state index in [-0.39, 0.29) is 40.3 Å². The van der Waals surface area contributed by atoms with Crippen molar-refractivity contribution in [1.82, 2.24) is 13.9 Å². The summed E-state index contributed by atoms with van der Waals surface area (Å²) in [7, 11) is 0. The van der Waals surface area contributed by atoms with Gasteiger partial charge in [0, 0.05) is 17.9 Å². The molecule has 3 saturated carbocycles. The van der Waals surface area contributed by atoms with Crippen LogP contribution in [0.3, 0.4) is 0 Å². The van der Waals surface area contributed by atoms with E-state index in [4.69, 9.17) is 0 Å². The molecule has 0 saturated heterocycles. The van der Waals surface area contributed by atoms with E-state index < -0.39 is 0 Å². The summed E-state index contributed by atoms with van der Waals surface area (Å²) in [5, 5.41) is 0. The third-order valence-electron chi connectivity index (χ3n) is 10.1. The number of hydrogen-bond acceptors (Lipinski definition) is 2. The van der Waals surface area contributed by atoms with Gasteiger partial charge in [0.2, 0.25) is 0 Å². The molecule has 1 aliphatic heterocycles. The lowest BCUT2D eigenvalue weighted by Crippen LogP contribution is -2.42. The fourth-order valence-corrected chi connectivity index (χ4v) is 8.33. The number of rotatable bonds is 1. The molecule has 1 aromatic carbocycles. The Balaban J connectivity index is 1.41. The Labute approximate surface area is 164 Å². The smallest absolute Gasteiger partial charge is 0.246 e. The van der Waals surface area contributed by atoms with Crippen LogP contribution >= 0.6 is 0 Å². The molecule has 5 heteroatoms. The summed E-state index contributed by atoms with van der Waals surface area (Å²) in [4.78, 5) is 27.2. The van der Waals surface area contributed by atoms with Gasteiger partial charge in [-0.15, -0.1) is 0 Å². The molecule has 5 aliphatic rings. The predicted octanol–water partition coefficient (Wildman–Crippen LogP) is 3.58. The highest BCUT2D eigenvalue weighted by Crippen LogP contribution is 2.70. The summed E-state index contributed by atoms with van der Waals surface area (Å²) in [6.07, 6.45) is 4.33. The minimum atomic E-state index is -0.0467. The maximum absolute atomic E-state index is 13.7. The van der Waals surface area contributed by atoms with Gasteiger partial charge in [0.1, 0.15) is 0 Å². The van der Waals surface area contributed by atoms with Crippen molar-refractivity contribution in [3.05, 3.63) is 56.4 Å². The highest BCUT2D eigenvalue weighted by atomic mass is 16.2. The Morgan fingerprint density at radius 1 is 0.964 bits per heavy atom. The molecule has 2 aromatic rings. The van der Waals surface area contributed by atoms with Gasteiger partial charge in [0.25, 0.3) is 0 Å². The monoisotopic (exact) mass is 377 g/mol. The van der Waals surface area contributed by atoms with E-state index in [0.29, 0.717) is 17.8 Å². The summed E-state index contributed by atoms with van der Waals surface area (Å²) < 4.78 is 5.40. The van der Waals surface area contributed by atoms with E-state index in [9.17, 15) is 9.59 Å². The molecule has 146 valence electrons. The molecule has 4 aliphatic carbocycles. The molecule has 2 heterocycles. The molecule has 5 nitrogen and oxygen atoms in total. The van der Waals surface area contributed by atoms with Crippen molar-refractivity contribution in [2.24, 2.45) is 16.7 Å². The molecule has 0 radical (unpaired) electrons. The Morgan fingerprint density at radius 2 is 1.68 bits per heavy atom. The molecule has 0 N–H and O–H groups in total. The normalized spacial score (nSPS) is 43.0. The van der Waals surface area contributed by atoms with Crippen LogP contribution < -0.4 is 11.4 Å². The van der Waals surface area contributed by atoms with Crippen molar-refractivity contribution in [1.29, 1.82) is 0 Å². The molecule has 0 amide bonds. The van der Waals surface area contributed by atoms with Crippen LogP contribution in [-0.2, 0) is 0 Å². The number of hydrogen-bond donors (Lipinski definition) is 0.